The smallest absolute Gasteiger partial charge is 0.313 e. The summed E-state index contributed by atoms with van der Waals surface area (Å²) >= 11 is 5.85. The zero-order valence-electron chi connectivity index (χ0n) is 10.8. The summed E-state index contributed by atoms with van der Waals surface area (Å²) in [6.07, 6.45) is -2.70. The summed E-state index contributed by atoms with van der Waals surface area (Å²) in [7, 11) is 0. The second-order valence-electron chi connectivity index (χ2n) is 4.03. The largest absolute Gasteiger partial charge is 0.434 e. The third-order valence-corrected chi connectivity index (χ3v) is 2.87. The molecule has 114 valence electrons. The van der Waals surface area contributed by atoms with E-state index in [1.165, 1.54) is 6.07 Å². The Kier molecular flexibility index (Phi) is 4.77. The molecule has 2 aromatic rings. The Balaban J connectivity index is 2.16. The van der Waals surface area contributed by atoms with Gasteiger partial charge in [0.25, 0.3) is 0 Å². The van der Waals surface area contributed by atoms with Crippen LogP contribution in [-0.2, 0) is 11.0 Å². The lowest BCUT2D eigenvalue weighted by Crippen LogP contribution is -2.15. The molecule has 0 saturated heterocycles. The number of benzene rings is 1. The molecule has 2 rings (SSSR count). The molecule has 0 spiro atoms. The number of carbonyl (C=O) groups excluding carboxylic acids is 1. The molecule has 0 N–H and O–H groups in total. The van der Waals surface area contributed by atoms with Crippen LogP contribution in [-0.4, -0.2) is 17.2 Å². The first-order valence-electron chi connectivity index (χ1n) is 5.91. The van der Waals surface area contributed by atoms with Crippen molar-refractivity contribution in [1.29, 1.82) is 0 Å². The minimum Gasteiger partial charge on any atom is -0.313 e. The number of aromatic nitrogens is 1. The lowest BCUT2D eigenvalue weighted by molar-refractivity contribution is -0.141. The van der Waals surface area contributed by atoms with Crippen LogP contribution in [0.1, 0.15) is 21.6 Å². The van der Waals surface area contributed by atoms with Crippen LogP contribution in [0.3, 0.4) is 0 Å². The number of alkyl halides is 3. The minimum absolute atomic E-state index is 0.361. The van der Waals surface area contributed by atoms with Crippen LogP contribution >= 0.6 is 11.6 Å². The van der Waals surface area contributed by atoms with E-state index in [0.29, 0.717) is 10.6 Å². The fourth-order valence-electron chi connectivity index (χ4n) is 1.56. The van der Waals surface area contributed by atoms with Crippen LogP contribution in [0.2, 0.25) is 5.02 Å². The van der Waals surface area contributed by atoms with Crippen molar-refractivity contribution in [1.82, 2.24) is 4.98 Å². The van der Waals surface area contributed by atoms with Gasteiger partial charge in [-0.25, -0.2) is 4.79 Å². The molecule has 0 fully saturated rings. The summed E-state index contributed by atoms with van der Waals surface area (Å²) in [4.78, 5) is 19.3. The molecule has 0 aliphatic heterocycles. The highest BCUT2D eigenvalue weighted by Crippen LogP contribution is 2.30. The van der Waals surface area contributed by atoms with E-state index >= 15 is 0 Å². The number of hydrogen-bond donors (Lipinski definition) is 0. The van der Waals surface area contributed by atoms with Crippen LogP contribution in [0.25, 0.3) is 0 Å². The minimum atomic E-state index is -4.76. The predicted octanol–water partition coefficient (Wildman–Crippen LogP) is 3.94. The van der Waals surface area contributed by atoms with Crippen molar-refractivity contribution in [2.24, 2.45) is 5.16 Å². The predicted molar refractivity (Wildman–Crippen MR) is 73.7 cm³/mol. The zero-order chi connectivity index (χ0) is 16.2. The first kappa shape index (κ1) is 16.0. The van der Waals surface area contributed by atoms with Gasteiger partial charge in [0.05, 0.1) is 11.8 Å². The number of rotatable bonds is 3. The van der Waals surface area contributed by atoms with Crippen LogP contribution in [0.4, 0.5) is 13.2 Å². The van der Waals surface area contributed by atoms with Crippen molar-refractivity contribution < 1.29 is 22.8 Å². The van der Waals surface area contributed by atoms with Gasteiger partial charge in [-0.15, -0.1) is 0 Å². The number of hydrogen-bond acceptors (Lipinski definition) is 4. The van der Waals surface area contributed by atoms with Crippen LogP contribution in [0.5, 0.6) is 0 Å². The fraction of sp³-hybridized carbons (Fsp3) is 0.0714. The van der Waals surface area contributed by atoms with E-state index in [1.807, 2.05) is 0 Å². The third kappa shape index (κ3) is 3.82. The summed E-state index contributed by atoms with van der Waals surface area (Å²) < 4.78 is 38.2. The highest BCUT2D eigenvalue weighted by atomic mass is 35.5. The van der Waals surface area contributed by atoms with Crippen molar-refractivity contribution in [3.8, 4) is 0 Å². The second kappa shape index (κ2) is 6.57. The lowest BCUT2D eigenvalue weighted by Gasteiger charge is -2.08. The van der Waals surface area contributed by atoms with Gasteiger partial charge < -0.3 is 4.84 Å². The summed E-state index contributed by atoms with van der Waals surface area (Å²) in [5, 5.41) is 3.71. The molecule has 1 aromatic heterocycles. The van der Waals surface area contributed by atoms with Crippen molar-refractivity contribution in [2.45, 2.75) is 6.18 Å². The SMILES string of the molecule is O=C(O/N=C/c1ccccc1Cl)c1cccnc1C(F)(F)F. The summed E-state index contributed by atoms with van der Waals surface area (Å²) in [5.41, 5.74) is -1.58. The molecule has 8 heteroatoms. The highest BCUT2D eigenvalue weighted by molar-refractivity contribution is 6.33. The summed E-state index contributed by atoms with van der Waals surface area (Å²) in [5.74, 6) is -1.26. The number of nitrogens with zero attached hydrogens (tertiary/aromatic N) is 2. The van der Waals surface area contributed by atoms with E-state index in [9.17, 15) is 18.0 Å². The van der Waals surface area contributed by atoms with Gasteiger partial charge >= 0.3 is 12.1 Å². The molecule has 0 aliphatic carbocycles. The lowest BCUT2D eigenvalue weighted by atomic mass is 10.2. The topological polar surface area (TPSA) is 51.5 Å². The number of oxime groups is 1. The van der Waals surface area contributed by atoms with Crippen molar-refractivity contribution in [3.05, 3.63) is 64.4 Å². The van der Waals surface area contributed by atoms with E-state index in [-0.39, 0.29) is 0 Å². The number of halogens is 4. The molecule has 4 nitrogen and oxygen atoms in total. The monoisotopic (exact) mass is 328 g/mol. The Morgan fingerprint density at radius 2 is 1.95 bits per heavy atom. The Morgan fingerprint density at radius 1 is 1.23 bits per heavy atom. The van der Waals surface area contributed by atoms with E-state index < -0.39 is 23.4 Å². The Morgan fingerprint density at radius 3 is 2.64 bits per heavy atom. The van der Waals surface area contributed by atoms with E-state index in [2.05, 4.69) is 15.0 Å². The Hall–Kier alpha value is -2.41. The molecule has 0 saturated carbocycles. The Labute approximate surface area is 128 Å². The number of carbonyl (C=O) groups is 1. The molecule has 0 unspecified atom stereocenters. The summed E-state index contributed by atoms with van der Waals surface area (Å²) in [6.45, 7) is 0. The van der Waals surface area contributed by atoms with Crippen LogP contribution < -0.4 is 0 Å². The number of pyridine rings is 1. The maximum Gasteiger partial charge on any atom is 0.434 e. The average Bonchev–Trinajstić information content (AvgIpc) is 2.48. The van der Waals surface area contributed by atoms with E-state index in [4.69, 9.17) is 11.6 Å². The molecule has 1 aromatic carbocycles. The van der Waals surface area contributed by atoms with Crippen molar-refractivity contribution in [3.63, 3.8) is 0 Å². The Bertz CT molecular complexity index is 717. The average molecular weight is 329 g/mol. The normalized spacial score (nSPS) is 11.6. The molecule has 0 amide bonds. The van der Waals surface area contributed by atoms with Crippen molar-refractivity contribution >= 4 is 23.8 Å². The quantitative estimate of drug-likeness (QED) is 0.487. The van der Waals surface area contributed by atoms with Gasteiger partial charge in [-0.3, -0.25) is 4.98 Å². The maximum absolute atomic E-state index is 12.7. The zero-order valence-corrected chi connectivity index (χ0v) is 11.6. The molecule has 0 aliphatic rings. The standard InChI is InChI=1S/C14H8ClF3N2O2/c15-11-6-2-1-4-9(11)8-20-22-13(21)10-5-3-7-19-12(10)14(16,17)18/h1-8H/b20-8+. The van der Waals surface area contributed by atoms with E-state index in [1.54, 1.807) is 24.3 Å². The van der Waals surface area contributed by atoms with Gasteiger partial charge in [0.1, 0.15) is 0 Å². The first-order valence-corrected chi connectivity index (χ1v) is 6.29. The molecular weight excluding hydrogens is 321 g/mol. The maximum atomic E-state index is 12.7. The van der Waals surface area contributed by atoms with Crippen LogP contribution in [0.15, 0.2) is 47.8 Å². The third-order valence-electron chi connectivity index (χ3n) is 2.53. The molecule has 0 radical (unpaired) electrons. The van der Waals surface area contributed by atoms with Crippen molar-refractivity contribution in [2.75, 3.05) is 0 Å². The second-order valence-corrected chi connectivity index (χ2v) is 4.44. The van der Waals surface area contributed by atoms with E-state index in [0.717, 1.165) is 18.5 Å². The highest BCUT2D eigenvalue weighted by Gasteiger charge is 2.37. The molecule has 1 heterocycles. The van der Waals surface area contributed by atoms with Crippen LogP contribution in [0, 0.1) is 0 Å². The molecular formula is C14H8ClF3N2O2. The van der Waals surface area contributed by atoms with Gasteiger partial charge in [-0.2, -0.15) is 13.2 Å². The fourth-order valence-corrected chi connectivity index (χ4v) is 1.74. The van der Waals surface area contributed by atoms with Gasteiger partial charge in [-0.1, -0.05) is 35.0 Å². The van der Waals surface area contributed by atoms with Gasteiger partial charge in [0.2, 0.25) is 0 Å². The molecule has 0 bridgehead atoms. The molecule has 0 atom stereocenters. The first-order chi connectivity index (χ1) is 10.4. The van der Waals surface area contributed by atoms with Gasteiger partial charge in [-0.05, 0) is 18.2 Å². The van der Waals surface area contributed by atoms with Gasteiger partial charge in [0.15, 0.2) is 5.69 Å². The van der Waals surface area contributed by atoms with Gasteiger partial charge in [0, 0.05) is 16.8 Å². The molecule has 22 heavy (non-hydrogen) atoms. The summed E-state index contributed by atoms with van der Waals surface area (Å²) in [6, 6.07) is 8.72.